The zero-order valence-electron chi connectivity index (χ0n) is 12.6. The van der Waals surface area contributed by atoms with Crippen LogP contribution in [0.1, 0.15) is 16.7 Å². The van der Waals surface area contributed by atoms with Crippen LogP contribution in [0.2, 0.25) is 0 Å². The van der Waals surface area contributed by atoms with Crippen molar-refractivity contribution in [2.24, 2.45) is 10.9 Å². The lowest BCUT2D eigenvalue weighted by Crippen LogP contribution is -2.18. The minimum Gasteiger partial charge on any atom is -0.482 e. The molecule has 0 aromatic heterocycles. The number of ether oxygens (including phenoxy) is 1. The number of carbonyl (C=O) groups is 1. The van der Waals surface area contributed by atoms with E-state index in [-0.39, 0.29) is 12.4 Å². The molecule has 0 radical (unpaired) electrons. The van der Waals surface area contributed by atoms with Crippen LogP contribution in [0.25, 0.3) is 0 Å². The average Bonchev–Trinajstić information content (AvgIpc) is 2.50. The molecule has 0 aliphatic rings. The topological polar surface area (TPSA) is 73.9 Å². The Balaban J connectivity index is 1.88. The van der Waals surface area contributed by atoms with Gasteiger partial charge in [-0.3, -0.25) is 0 Å². The van der Waals surface area contributed by atoms with Gasteiger partial charge in [-0.05, 0) is 37.6 Å². The second kappa shape index (κ2) is 7.26. The molecular formula is C17H18N2O3. The smallest absolute Gasteiger partial charge is 0.372 e. The Morgan fingerprint density at radius 3 is 2.45 bits per heavy atom. The SMILES string of the molecule is Cc1cccc(OCC(=O)O/N=C(\N)c2cccc(C)c2)c1. The number of rotatable bonds is 5. The zero-order valence-corrected chi connectivity index (χ0v) is 12.6. The summed E-state index contributed by atoms with van der Waals surface area (Å²) < 4.78 is 5.32. The first-order valence-corrected chi connectivity index (χ1v) is 6.84. The number of hydrogen-bond donors (Lipinski definition) is 1. The van der Waals surface area contributed by atoms with E-state index in [0.29, 0.717) is 11.3 Å². The Bertz CT molecular complexity index is 696. The standard InChI is InChI=1S/C17H18N2O3/c1-12-5-3-7-14(9-12)17(18)19-22-16(20)11-21-15-8-4-6-13(2)10-15/h3-10H,11H2,1-2H3,(H2,18,19). The molecule has 0 amide bonds. The molecule has 2 rings (SSSR count). The molecule has 0 aliphatic heterocycles. The van der Waals surface area contributed by atoms with Gasteiger partial charge < -0.3 is 15.3 Å². The van der Waals surface area contributed by atoms with Gasteiger partial charge in [0, 0.05) is 5.56 Å². The minimum absolute atomic E-state index is 0.146. The van der Waals surface area contributed by atoms with Crippen LogP contribution < -0.4 is 10.5 Å². The third-order valence-corrected chi connectivity index (χ3v) is 2.91. The summed E-state index contributed by atoms with van der Waals surface area (Å²) in [6.07, 6.45) is 0. The maximum atomic E-state index is 11.6. The number of hydrogen-bond acceptors (Lipinski definition) is 4. The van der Waals surface area contributed by atoms with Crippen molar-refractivity contribution in [3.05, 3.63) is 65.2 Å². The van der Waals surface area contributed by atoms with Crippen LogP contribution in [0.15, 0.2) is 53.7 Å². The van der Waals surface area contributed by atoms with Crippen LogP contribution in [0.4, 0.5) is 0 Å². The van der Waals surface area contributed by atoms with Crippen molar-refractivity contribution in [2.75, 3.05) is 6.61 Å². The minimum atomic E-state index is -0.614. The first kappa shape index (κ1) is 15.6. The molecule has 0 saturated heterocycles. The molecule has 114 valence electrons. The van der Waals surface area contributed by atoms with Crippen molar-refractivity contribution in [1.29, 1.82) is 0 Å². The predicted octanol–water partition coefficient (Wildman–Crippen LogP) is 2.55. The van der Waals surface area contributed by atoms with Crippen LogP contribution in [0.5, 0.6) is 5.75 Å². The van der Waals surface area contributed by atoms with Crippen LogP contribution >= 0.6 is 0 Å². The number of nitrogens with zero attached hydrogens (tertiary/aromatic N) is 1. The molecule has 0 bridgehead atoms. The number of carbonyl (C=O) groups excluding carboxylic acids is 1. The quantitative estimate of drug-likeness (QED) is 0.398. The molecular weight excluding hydrogens is 280 g/mol. The maximum Gasteiger partial charge on any atom is 0.372 e. The Kier molecular flexibility index (Phi) is 5.14. The van der Waals surface area contributed by atoms with Crippen molar-refractivity contribution in [3.63, 3.8) is 0 Å². The molecule has 5 nitrogen and oxygen atoms in total. The lowest BCUT2D eigenvalue weighted by Gasteiger charge is -2.05. The highest BCUT2D eigenvalue weighted by Gasteiger charge is 2.06. The van der Waals surface area contributed by atoms with E-state index in [1.165, 1.54) is 0 Å². The Morgan fingerprint density at radius 2 is 1.77 bits per heavy atom. The second-order valence-corrected chi connectivity index (χ2v) is 4.91. The van der Waals surface area contributed by atoms with Gasteiger partial charge in [0.1, 0.15) is 5.75 Å². The summed E-state index contributed by atoms with van der Waals surface area (Å²) in [6.45, 7) is 3.66. The Hall–Kier alpha value is -2.82. The van der Waals surface area contributed by atoms with Crippen LogP contribution in [0.3, 0.4) is 0 Å². The third-order valence-electron chi connectivity index (χ3n) is 2.91. The van der Waals surface area contributed by atoms with Crippen LogP contribution in [-0.2, 0) is 9.63 Å². The molecule has 2 N–H and O–H groups in total. The van der Waals surface area contributed by atoms with Crippen LogP contribution in [-0.4, -0.2) is 18.4 Å². The van der Waals surface area contributed by atoms with Gasteiger partial charge in [0.15, 0.2) is 12.4 Å². The van der Waals surface area contributed by atoms with Crippen molar-refractivity contribution < 1.29 is 14.4 Å². The fourth-order valence-electron chi connectivity index (χ4n) is 1.83. The number of nitrogens with two attached hydrogens (primary N) is 1. The number of amidine groups is 1. The molecule has 0 unspecified atom stereocenters. The highest BCUT2D eigenvalue weighted by Crippen LogP contribution is 2.12. The second-order valence-electron chi connectivity index (χ2n) is 4.91. The highest BCUT2D eigenvalue weighted by atomic mass is 16.7. The van der Waals surface area contributed by atoms with Gasteiger partial charge in [0.2, 0.25) is 0 Å². The van der Waals surface area contributed by atoms with Gasteiger partial charge in [0.25, 0.3) is 0 Å². The number of oxime groups is 1. The first-order chi connectivity index (χ1) is 10.5. The molecule has 2 aromatic carbocycles. The van der Waals surface area contributed by atoms with Crippen molar-refractivity contribution in [3.8, 4) is 5.75 Å². The Labute approximate surface area is 129 Å². The first-order valence-electron chi connectivity index (χ1n) is 6.84. The summed E-state index contributed by atoms with van der Waals surface area (Å²) in [6, 6.07) is 14.8. The number of aryl methyl sites for hydroxylation is 2. The van der Waals surface area contributed by atoms with E-state index in [4.69, 9.17) is 15.3 Å². The Morgan fingerprint density at radius 1 is 1.09 bits per heavy atom. The molecule has 2 aromatic rings. The summed E-state index contributed by atoms with van der Waals surface area (Å²) in [4.78, 5) is 16.3. The molecule has 0 saturated carbocycles. The van der Waals surface area contributed by atoms with Gasteiger partial charge in [-0.15, -0.1) is 0 Å². The fraction of sp³-hybridized carbons (Fsp3) is 0.176. The van der Waals surface area contributed by atoms with E-state index in [9.17, 15) is 4.79 Å². The van der Waals surface area contributed by atoms with E-state index >= 15 is 0 Å². The normalized spacial score (nSPS) is 11.1. The van der Waals surface area contributed by atoms with Crippen molar-refractivity contribution in [2.45, 2.75) is 13.8 Å². The van der Waals surface area contributed by atoms with E-state index in [1.54, 1.807) is 12.1 Å². The molecule has 0 fully saturated rings. The highest BCUT2D eigenvalue weighted by molar-refractivity contribution is 5.97. The molecule has 0 atom stereocenters. The summed E-state index contributed by atoms with van der Waals surface area (Å²) in [5.74, 6) is 0.136. The van der Waals surface area contributed by atoms with Gasteiger partial charge in [-0.1, -0.05) is 41.1 Å². The molecule has 5 heteroatoms. The molecule has 0 heterocycles. The van der Waals surface area contributed by atoms with E-state index in [2.05, 4.69) is 5.16 Å². The van der Waals surface area contributed by atoms with Crippen molar-refractivity contribution in [1.82, 2.24) is 0 Å². The third kappa shape index (κ3) is 4.63. The monoisotopic (exact) mass is 298 g/mol. The summed E-state index contributed by atoms with van der Waals surface area (Å²) in [7, 11) is 0. The van der Waals surface area contributed by atoms with Gasteiger partial charge in [-0.25, -0.2) is 4.79 Å². The van der Waals surface area contributed by atoms with E-state index in [0.717, 1.165) is 11.1 Å². The van der Waals surface area contributed by atoms with Crippen molar-refractivity contribution >= 4 is 11.8 Å². The van der Waals surface area contributed by atoms with Gasteiger partial charge in [0.05, 0.1) is 0 Å². The van der Waals surface area contributed by atoms with Crippen LogP contribution in [0, 0.1) is 13.8 Å². The molecule has 22 heavy (non-hydrogen) atoms. The van der Waals surface area contributed by atoms with Gasteiger partial charge in [-0.2, -0.15) is 0 Å². The van der Waals surface area contributed by atoms with E-state index in [1.807, 2.05) is 50.2 Å². The zero-order chi connectivity index (χ0) is 15.9. The summed E-state index contributed by atoms with van der Waals surface area (Å²) in [5.41, 5.74) is 8.57. The summed E-state index contributed by atoms with van der Waals surface area (Å²) >= 11 is 0. The van der Waals surface area contributed by atoms with Gasteiger partial charge >= 0.3 is 5.97 Å². The number of benzene rings is 2. The summed E-state index contributed by atoms with van der Waals surface area (Å²) in [5, 5.41) is 3.63. The largest absolute Gasteiger partial charge is 0.482 e. The fourth-order valence-corrected chi connectivity index (χ4v) is 1.83. The maximum absolute atomic E-state index is 11.6. The van der Waals surface area contributed by atoms with E-state index < -0.39 is 5.97 Å². The average molecular weight is 298 g/mol. The predicted molar refractivity (Wildman–Crippen MR) is 84.7 cm³/mol. The lowest BCUT2D eigenvalue weighted by atomic mass is 10.1. The lowest BCUT2D eigenvalue weighted by molar-refractivity contribution is -0.146. The molecule has 0 spiro atoms. The molecule has 0 aliphatic carbocycles.